The molecule has 3 N–H and O–H groups in total. The Morgan fingerprint density at radius 1 is 0.414 bits per heavy atom. The average Bonchev–Trinajstić information content (AvgIpc) is 3.23. The molecule has 0 fully saturated rings. The molecule has 58 heavy (non-hydrogen) atoms. The lowest BCUT2D eigenvalue weighted by atomic mass is 10.0. The molecule has 0 aromatic rings. The first-order valence-electron chi connectivity index (χ1n) is 25.9. The fraction of sp³-hybridized carbons (Fsp3) is 0.833. The minimum Gasteiger partial charge on any atom is -0.394 e. The third-order valence-electron chi connectivity index (χ3n) is 11.8. The van der Waals surface area contributed by atoms with Gasteiger partial charge in [-0.3, -0.25) is 4.79 Å². The summed E-state index contributed by atoms with van der Waals surface area (Å²) in [4.78, 5) is 12.4. The number of aliphatic hydroxyl groups is 2. The van der Waals surface area contributed by atoms with Crippen LogP contribution < -0.4 is 5.32 Å². The number of aliphatic hydroxyl groups excluding tert-OH is 2. The Balaban J connectivity index is 3.48. The number of unbranched alkanes of at least 4 members (excludes halogenated alkanes) is 34. The summed E-state index contributed by atoms with van der Waals surface area (Å²) in [5, 5.41) is 23.0. The van der Waals surface area contributed by atoms with E-state index in [-0.39, 0.29) is 12.5 Å². The Morgan fingerprint density at radius 3 is 1.10 bits per heavy atom. The highest BCUT2D eigenvalue weighted by Crippen LogP contribution is 2.16. The first kappa shape index (κ1) is 56.4. The van der Waals surface area contributed by atoms with E-state index in [9.17, 15) is 15.0 Å². The number of allylic oxidation sites excluding steroid dienone is 7. The van der Waals surface area contributed by atoms with E-state index < -0.39 is 12.1 Å². The van der Waals surface area contributed by atoms with E-state index in [0.717, 1.165) is 38.5 Å². The molecule has 4 nitrogen and oxygen atoms in total. The molecule has 0 saturated heterocycles. The van der Waals surface area contributed by atoms with E-state index in [1.165, 1.54) is 212 Å². The molecular weight excluding hydrogens is 711 g/mol. The van der Waals surface area contributed by atoms with Crippen LogP contribution in [0.15, 0.2) is 48.6 Å². The second-order valence-electron chi connectivity index (χ2n) is 17.6. The number of hydrogen-bond donors (Lipinski definition) is 3. The van der Waals surface area contributed by atoms with Crippen LogP contribution in [0.25, 0.3) is 0 Å². The predicted molar refractivity (Wildman–Crippen MR) is 258 cm³/mol. The number of amides is 1. The molecular formula is C54H101NO3. The van der Waals surface area contributed by atoms with Crippen LogP contribution in [0.1, 0.15) is 271 Å². The van der Waals surface area contributed by atoms with Gasteiger partial charge < -0.3 is 15.5 Å². The maximum absolute atomic E-state index is 12.4. The zero-order chi connectivity index (χ0) is 42.1. The number of hydrogen-bond acceptors (Lipinski definition) is 3. The number of carbonyl (C=O) groups excluding carboxylic acids is 1. The molecule has 340 valence electrons. The van der Waals surface area contributed by atoms with Gasteiger partial charge in [0, 0.05) is 6.42 Å². The standard InChI is InChI=1S/C54H101NO3/c1-3-5-7-9-11-13-15-17-19-20-21-22-23-24-25-26-27-28-29-30-31-32-33-34-36-38-40-42-44-46-48-50-54(58)55-52(51-56)53(57)49-47-45-43-41-39-37-35-18-16-14-12-10-8-6-4-2/h15,17,20-21,39,41,47,49,52-53,56-57H,3-14,16,18-19,22-38,40,42-46,48,50-51H2,1-2H3,(H,55,58)/b17-15-,21-20-,41-39+,49-47+. The molecule has 0 bridgehead atoms. The molecule has 0 rings (SSSR count). The van der Waals surface area contributed by atoms with Crippen molar-refractivity contribution in [3.8, 4) is 0 Å². The topological polar surface area (TPSA) is 69.6 Å². The first-order chi connectivity index (χ1) is 28.7. The lowest BCUT2D eigenvalue weighted by Gasteiger charge is -2.19. The van der Waals surface area contributed by atoms with Crippen molar-refractivity contribution < 1.29 is 15.0 Å². The first-order valence-corrected chi connectivity index (χ1v) is 25.9. The van der Waals surface area contributed by atoms with Gasteiger partial charge in [0.1, 0.15) is 0 Å². The van der Waals surface area contributed by atoms with Crippen molar-refractivity contribution in [1.29, 1.82) is 0 Å². The smallest absolute Gasteiger partial charge is 0.220 e. The summed E-state index contributed by atoms with van der Waals surface area (Å²) in [6.07, 6.45) is 68.3. The molecule has 0 heterocycles. The van der Waals surface area contributed by atoms with Crippen molar-refractivity contribution in [2.45, 2.75) is 283 Å². The maximum atomic E-state index is 12.4. The molecule has 0 aliphatic rings. The van der Waals surface area contributed by atoms with Gasteiger partial charge in [-0.1, -0.05) is 249 Å². The van der Waals surface area contributed by atoms with E-state index in [0.29, 0.717) is 6.42 Å². The van der Waals surface area contributed by atoms with Crippen LogP contribution in [0.3, 0.4) is 0 Å². The molecule has 2 unspecified atom stereocenters. The monoisotopic (exact) mass is 812 g/mol. The third-order valence-corrected chi connectivity index (χ3v) is 11.8. The Hall–Kier alpha value is -1.65. The Bertz CT molecular complexity index is 923. The van der Waals surface area contributed by atoms with Crippen molar-refractivity contribution in [3.63, 3.8) is 0 Å². The molecule has 0 aromatic carbocycles. The van der Waals surface area contributed by atoms with Crippen LogP contribution in [0.4, 0.5) is 0 Å². The van der Waals surface area contributed by atoms with Gasteiger partial charge in [-0.05, 0) is 64.2 Å². The number of nitrogens with one attached hydrogen (secondary N) is 1. The van der Waals surface area contributed by atoms with Crippen LogP contribution in [-0.4, -0.2) is 34.9 Å². The molecule has 2 atom stereocenters. The van der Waals surface area contributed by atoms with Crippen molar-refractivity contribution in [1.82, 2.24) is 5.32 Å². The summed E-state index contributed by atoms with van der Waals surface area (Å²) < 4.78 is 0. The average molecular weight is 812 g/mol. The summed E-state index contributed by atoms with van der Waals surface area (Å²) >= 11 is 0. The summed E-state index contributed by atoms with van der Waals surface area (Å²) in [5.74, 6) is -0.0715. The lowest BCUT2D eigenvalue weighted by molar-refractivity contribution is -0.123. The molecule has 0 aliphatic carbocycles. The number of rotatable bonds is 47. The molecule has 0 aliphatic heterocycles. The highest BCUT2D eigenvalue weighted by Gasteiger charge is 2.17. The minimum atomic E-state index is -0.861. The summed E-state index contributed by atoms with van der Waals surface area (Å²) in [7, 11) is 0. The minimum absolute atomic E-state index is 0.0715. The summed E-state index contributed by atoms with van der Waals surface area (Å²) in [6, 6.07) is -0.638. The van der Waals surface area contributed by atoms with E-state index in [4.69, 9.17) is 0 Å². The highest BCUT2D eigenvalue weighted by molar-refractivity contribution is 5.76. The SMILES string of the molecule is CCCCCCC/C=C\C/C=C\CCCCCCCCCCCCCCCCCCCCCC(=O)NC(CO)C(O)/C=C/CC/C=C/CCCCCCCCCCC. The van der Waals surface area contributed by atoms with Crippen molar-refractivity contribution in [2.24, 2.45) is 0 Å². The quantitative estimate of drug-likeness (QED) is 0.0423. The second kappa shape index (κ2) is 49.7. The van der Waals surface area contributed by atoms with Crippen molar-refractivity contribution >= 4 is 5.91 Å². The largest absolute Gasteiger partial charge is 0.394 e. The normalized spacial score (nSPS) is 13.2. The lowest BCUT2D eigenvalue weighted by Crippen LogP contribution is -2.45. The van der Waals surface area contributed by atoms with E-state index in [1.54, 1.807) is 6.08 Å². The summed E-state index contributed by atoms with van der Waals surface area (Å²) in [6.45, 7) is 4.29. The van der Waals surface area contributed by atoms with Gasteiger partial charge >= 0.3 is 0 Å². The van der Waals surface area contributed by atoms with Crippen molar-refractivity contribution in [3.05, 3.63) is 48.6 Å². The van der Waals surface area contributed by atoms with Gasteiger partial charge in [0.05, 0.1) is 18.8 Å². The fourth-order valence-corrected chi connectivity index (χ4v) is 7.81. The van der Waals surface area contributed by atoms with Crippen LogP contribution >= 0.6 is 0 Å². The molecule has 0 aromatic heterocycles. The fourth-order valence-electron chi connectivity index (χ4n) is 7.81. The summed E-state index contributed by atoms with van der Waals surface area (Å²) in [5.41, 5.74) is 0. The van der Waals surface area contributed by atoms with Gasteiger partial charge in [-0.25, -0.2) is 0 Å². The van der Waals surface area contributed by atoms with Crippen LogP contribution in [0.5, 0.6) is 0 Å². The Morgan fingerprint density at radius 2 is 0.724 bits per heavy atom. The molecule has 0 radical (unpaired) electrons. The zero-order valence-corrected chi connectivity index (χ0v) is 39.1. The van der Waals surface area contributed by atoms with Gasteiger partial charge in [-0.15, -0.1) is 0 Å². The highest BCUT2D eigenvalue weighted by atomic mass is 16.3. The predicted octanol–water partition coefficient (Wildman–Crippen LogP) is 16.7. The van der Waals surface area contributed by atoms with Crippen LogP contribution in [0, 0.1) is 0 Å². The van der Waals surface area contributed by atoms with Crippen LogP contribution in [0.2, 0.25) is 0 Å². The Kier molecular flexibility index (Phi) is 48.3. The third kappa shape index (κ3) is 45.4. The van der Waals surface area contributed by atoms with Gasteiger partial charge in [0.2, 0.25) is 5.91 Å². The zero-order valence-electron chi connectivity index (χ0n) is 39.1. The second-order valence-corrected chi connectivity index (χ2v) is 17.6. The number of carbonyl (C=O) groups is 1. The van der Waals surface area contributed by atoms with E-state index >= 15 is 0 Å². The van der Waals surface area contributed by atoms with Crippen molar-refractivity contribution in [2.75, 3.05) is 6.61 Å². The maximum Gasteiger partial charge on any atom is 0.220 e. The molecule has 0 spiro atoms. The molecule has 1 amide bonds. The molecule has 0 saturated carbocycles. The van der Waals surface area contributed by atoms with Crippen LogP contribution in [-0.2, 0) is 4.79 Å². The van der Waals surface area contributed by atoms with E-state index in [2.05, 4.69) is 55.6 Å². The molecule has 4 heteroatoms. The van der Waals surface area contributed by atoms with Gasteiger partial charge in [0.15, 0.2) is 0 Å². The van der Waals surface area contributed by atoms with Gasteiger partial charge in [0.25, 0.3) is 0 Å². The Labute approximate surface area is 363 Å². The van der Waals surface area contributed by atoms with E-state index in [1.807, 2.05) is 6.08 Å². The van der Waals surface area contributed by atoms with Gasteiger partial charge in [-0.2, -0.15) is 0 Å².